The van der Waals surface area contributed by atoms with E-state index < -0.39 is 0 Å². The van der Waals surface area contributed by atoms with Crippen molar-refractivity contribution >= 4 is 96.6 Å². The highest BCUT2D eigenvalue weighted by Crippen LogP contribution is 2.50. The average Bonchev–Trinajstić information content (AvgIpc) is 1.12. The van der Waals surface area contributed by atoms with Crippen LogP contribution in [0, 0.1) is 0 Å². The fourth-order valence-electron chi connectivity index (χ4n) is 12.6. The van der Waals surface area contributed by atoms with E-state index in [0.29, 0.717) is 5.89 Å². The summed E-state index contributed by atoms with van der Waals surface area (Å²) in [5.74, 6) is 1.30. The highest BCUT2D eigenvalue weighted by atomic mass is 16.4. The van der Waals surface area contributed by atoms with E-state index in [4.69, 9.17) is 13.8 Å². The summed E-state index contributed by atoms with van der Waals surface area (Å²) in [5.41, 5.74) is 22.8. The molecule has 10 aromatic rings. The van der Waals surface area contributed by atoms with E-state index >= 15 is 0 Å². The van der Waals surface area contributed by atoms with Crippen LogP contribution in [-0.2, 0) is 37.9 Å². The van der Waals surface area contributed by atoms with E-state index in [1.54, 1.807) is 0 Å². The minimum absolute atomic E-state index is 0.000941. The summed E-state index contributed by atoms with van der Waals surface area (Å²) in [6, 6.07) is 60.1. The first-order valence-corrected chi connectivity index (χ1v) is 31.2. The standard InChI is InChI=1S/C79H89BN4O2/c1-73(2,3)49-23-30-56(31-24-49)82(57-32-25-50(26-33-57)74(4,5)6)59-36-37-63-64(47-59)83(58-34-27-51(28-35-58)75(7,8)9)65-45-55(79(19,20)21)46-66-69(65)80(63)70-72(84(66)60-42-53(77(13,14)15)41-54(43-60)78(16,17)18)86-71(81-70)48-22-38-67-61(40-48)62-44-52(76(10,11)12)29-39-68(62)85-67/h22-47H,1-21H3. The Morgan fingerprint density at radius 1 is 0.349 bits per heavy atom. The number of furan rings is 1. The van der Waals surface area contributed by atoms with Crippen molar-refractivity contribution in [1.29, 1.82) is 0 Å². The van der Waals surface area contributed by atoms with Gasteiger partial charge in [-0.05, 0) is 191 Å². The predicted octanol–water partition coefficient (Wildman–Crippen LogP) is 20.9. The number of nitrogens with zero attached hydrogens (tertiary/aromatic N) is 4. The third-order valence-corrected chi connectivity index (χ3v) is 18.2. The Morgan fingerprint density at radius 2 is 0.779 bits per heavy atom. The monoisotopic (exact) mass is 1140 g/mol. The maximum absolute atomic E-state index is 7.58. The second-order valence-electron chi connectivity index (χ2n) is 32.0. The van der Waals surface area contributed by atoms with Crippen molar-refractivity contribution in [2.75, 3.05) is 14.7 Å². The van der Waals surface area contributed by atoms with Crippen LogP contribution in [0.2, 0.25) is 0 Å². The van der Waals surface area contributed by atoms with E-state index in [0.717, 1.165) is 89.9 Å². The zero-order valence-corrected chi connectivity index (χ0v) is 55.2. The van der Waals surface area contributed by atoms with Gasteiger partial charge in [-0.15, -0.1) is 0 Å². The van der Waals surface area contributed by atoms with E-state index in [-0.39, 0.29) is 44.6 Å². The second kappa shape index (κ2) is 19.9. The molecule has 0 spiro atoms. The molecule has 7 heteroatoms. The highest BCUT2D eigenvalue weighted by Gasteiger charge is 2.48. The fraction of sp³-hybridized carbons (Fsp3) is 0.354. The quantitative estimate of drug-likeness (QED) is 0.155. The molecule has 440 valence electrons. The maximum Gasteiger partial charge on any atom is 0.279 e. The Labute approximate surface area is 513 Å². The number of rotatable bonds is 6. The van der Waals surface area contributed by atoms with Crippen LogP contribution in [0.5, 0.6) is 0 Å². The number of hydrogen-bond acceptors (Lipinski definition) is 6. The van der Waals surface area contributed by atoms with Crippen LogP contribution >= 0.6 is 0 Å². The molecule has 8 aromatic carbocycles. The zero-order valence-electron chi connectivity index (χ0n) is 55.2. The summed E-state index contributed by atoms with van der Waals surface area (Å²) in [6.45, 7) is 48.0. The van der Waals surface area contributed by atoms with Gasteiger partial charge in [0.05, 0.1) is 5.59 Å². The first-order chi connectivity index (χ1) is 40.0. The van der Waals surface area contributed by atoms with Gasteiger partial charge >= 0.3 is 0 Å². The molecule has 0 saturated carbocycles. The smallest absolute Gasteiger partial charge is 0.279 e. The van der Waals surface area contributed by atoms with Gasteiger partial charge in [0.1, 0.15) is 11.2 Å². The van der Waals surface area contributed by atoms with Crippen LogP contribution in [0.3, 0.4) is 0 Å². The Morgan fingerprint density at radius 3 is 1.28 bits per heavy atom. The normalized spacial score (nSPS) is 14.0. The zero-order chi connectivity index (χ0) is 61.7. The number of benzene rings is 8. The van der Waals surface area contributed by atoms with Gasteiger partial charge in [0, 0.05) is 61.8 Å². The van der Waals surface area contributed by atoms with Crippen LogP contribution in [-0.4, -0.2) is 11.7 Å². The van der Waals surface area contributed by atoms with Crippen molar-refractivity contribution in [3.63, 3.8) is 0 Å². The lowest BCUT2D eigenvalue weighted by Gasteiger charge is -2.43. The van der Waals surface area contributed by atoms with Crippen molar-refractivity contribution in [1.82, 2.24) is 4.98 Å². The van der Waals surface area contributed by atoms with Gasteiger partial charge in [0.15, 0.2) is 0 Å². The lowest BCUT2D eigenvalue weighted by Crippen LogP contribution is -2.61. The Bertz CT molecular complexity index is 4170. The van der Waals surface area contributed by atoms with Crippen LogP contribution in [0.15, 0.2) is 167 Å². The topological polar surface area (TPSA) is 48.9 Å². The first-order valence-electron chi connectivity index (χ1n) is 31.2. The van der Waals surface area contributed by atoms with Crippen LogP contribution in [0.1, 0.15) is 184 Å². The molecule has 0 fully saturated rings. The SMILES string of the molecule is CC(C)(C)c1ccc(N(c2ccc(C(C)(C)C)cc2)c2ccc3c(c2)N(c2ccc(C(C)(C)C)cc2)c2cc(C(C)(C)C)cc4c2B3c2nc(-c3ccc5oc6ccc(C(C)(C)C)cc6c5c3)oc2N4c2cc(C(C)(C)C)cc(C(C)(C)C)c2)cc1. The highest BCUT2D eigenvalue weighted by molar-refractivity contribution is 6.99. The molecule has 0 amide bonds. The van der Waals surface area contributed by atoms with E-state index in [2.05, 4.69) is 318 Å². The number of hydrogen-bond donors (Lipinski definition) is 0. The molecule has 12 rings (SSSR count). The predicted molar refractivity (Wildman–Crippen MR) is 369 cm³/mol. The van der Waals surface area contributed by atoms with Gasteiger partial charge in [-0.1, -0.05) is 200 Å². The molecule has 4 heterocycles. The first kappa shape index (κ1) is 58.6. The molecule has 0 N–H and O–H groups in total. The van der Waals surface area contributed by atoms with Gasteiger partial charge in [-0.25, -0.2) is 4.98 Å². The van der Waals surface area contributed by atoms with Crippen molar-refractivity contribution in [3.8, 4) is 11.5 Å². The van der Waals surface area contributed by atoms with Gasteiger partial charge in [0.25, 0.3) is 6.71 Å². The Kier molecular flexibility index (Phi) is 13.6. The maximum atomic E-state index is 7.58. The molecule has 2 aromatic heterocycles. The second-order valence-corrected chi connectivity index (χ2v) is 32.0. The summed E-state index contributed by atoms with van der Waals surface area (Å²) >= 11 is 0. The van der Waals surface area contributed by atoms with E-state index in [9.17, 15) is 0 Å². The third kappa shape index (κ3) is 10.4. The minimum Gasteiger partial charge on any atom is -0.456 e. The van der Waals surface area contributed by atoms with Crippen molar-refractivity contribution in [2.24, 2.45) is 0 Å². The van der Waals surface area contributed by atoms with Gasteiger partial charge in [0.2, 0.25) is 11.8 Å². The summed E-state index contributed by atoms with van der Waals surface area (Å²) < 4.78 is 14.1. The lowest BCUT2D eigenvalue weighted by molar-refractivity contribution is 0.566. The summed E-state index contributed by atoms with van der Waals surface area (Å²) in [5, 5.41) is 2.13. The average molecular weight is 1140 g/mol. The Balaban J connectivity index is 1.17. The van der Waals surface area contributed by atoms with E-state index in [1.807, 2.05) is 0 Å². The largest absolute Gasteiger partial charge is 0.456 e. The van der Waals surface area contributed by atoms with Crippen LogP contribution in [0.25, 0.3) is 33.4 Å². The molecule has 2 aliphatic heterocycles. The van der Waals surface area contributed by atoms with Gasteiger partial charge in [-0.2, -0.15) is 0 Å². The molecule has 0 atom stereocenters. The number of anilines is 9. The number of aromatic nitrogens is 1. The fourth-order valence-corrected chi connectivity index (χ4v) is 12.6. The molecule has 0 bridgehead atoms. The lowest BCUT2D eigenvalue weighted by atomic mass is 9.35. The molecule has 6 nitrogen and oxygen atoms in total. The summed E-state index contributed by atoms with van der Waals surface area (Å²) in [4.78, 5) is 13.3. The minimum atomic E-state index is -0.307. The summed E-state index contributed by atoms with van der Waals surface area (Å²) in [7, 11) is 0. The Hall–Kier alpha value is -7.77. The molecular formula is C79H89BN4O2. The third-order valence-electron chi connectivity index (χ3n) is 18.2. The van der Waals surface area contributed by atoms with Crippen molar-refractivity contribution < 1.29 is 8.83 Å². The van der Waals surface area contributed by atoms with Crippen LogP contribution < -0.4 is 31.2 Å². The molecule has 0 unspecified atom stereocenters. The summed E-state index contributed by atoms with van der Waals surface area (Å²) in [6.07, 6.45) is 0. The van der Waals surface area contributed by atoms with E-state index in [1.165, 1.54) is 44.4 Å². The molecular weight excluding hydrogens is 1050 g/mol. The molecule has 86 heavy (non-hydrogen) atoms. The number of fused-ring (bicyclic) bond motifs is 7. The van der Waals surface area contributed by atoms with Crippen molar-refractivity contribution in [2.45, 2.75) is 183 Å². The van der Waals surface area contributed by atoms with Gasteiger partial charge in [-0.3, -0.25) is 4.90 Å². The van der Waals surface area contributed by atoms with Gasteiger partial charge < -0.3 is 18.6 Å². The van der Waals surface area contributed by atoms with Crippen LogP contribution in [0.4, 0.5) is 51.4 Å². The molecule has 0 radical (unpaired) electrons. The molecule has 0 aliphatic carbocycles. The number of oxazole rings is 1. The van der Waals surface area contributed by atoms with Crippen molar-refractivity contribution in [3.05, 3.63) is 197 Å². The molecule has 0 saturated heterocycles. The molecule has 2 aliphatic rings.